The summed E-state index contributed by atoms with van der Waals surface area (Å²) in [6.45, 7) is 0.514. The molecule has 3 aromatic rings. The third-order valence-corrected chi connectivity index (χ3v) is 9.30. The maximum absolute atomic E-state index is 12.7. The first-order chi connectivity index (χ1) is 14.9. The lowest BCUT2D eigenvalue weighted by atomic mass is 9.97. The quantitative estimate of drug-likeness (QED) is 0.507. The van der Waals surface area contributed by atoms with Crippen LogP contribution >= 0.6 is 34.7 Å². The molecule has 12 heteroatoms. The Morgan fingerprint density at radius 3 is 2.52 bits per heavy atom. The number of thiophene rings is 1. The van der Waals surface area contributed by atoms with Crippen molar-refractivity contribution in [3.05, 3.63) is 40.7 Å². The van der Waals surface area contributed by atoms with Crippen LogP contribution in [0.4, 0.5) is 6.01 Å². The van der Waals surface area contributed by atoms with E-state index in [0.717, 1.165) is 21.8 Å². The highest BCUT2D eigenvalue weighted by Gasteiger charge is 2.33. The summed E-state index contributed by atoms with van der Waals surface area (Å²) in [5, 5.41) is 10.5. The molecule has 1 N–H and O–H groups in total. The van der Waals surface area contributed by atoms with Crippen LogP contribution in [0.2, 0.25) is 4.34 Å². The van der Waals surface area contributed by atoms with Crippen molar-refractivity contribution in [3.63, 3.8) is 0 Å². The molecule has 1 aromatic carbocycles. The van der Waals surface area contributed by atoms with Crippen molar-refractivity contribution in [2.75, 3.05) is 24.7 Å². The van der Waals surface area contributed by atoms with Gasteiger partial charge >= 0.3 is 6.01 Å². The molecule has 0 unspecified atom stereocenters. The fourth-order valence-electron chi connectivity index (χ4n) is 3.25. The Kier molecular flexibility index (Phi) is 6.68. The second kappa shape index (κ2) is 9.29. The average Bonchev–Trinajstić information content (AvgIpc) is 3.43. The fraction of sp³-hybridized carbons (Fsp3) is 0.316. The van der Waals surface area contributed by atoms with E-state index in [1.54, 1.807) is 17.8 Å². The van der Waals surface area contributed by atoms with Crippen LogP contribution in [0.1, 0.15) is 12.8 Å². The van der Waals surface area contributed by atoms with Crippen LogP contribution in [0.15, 0.2) is 49.9 Å². The molecule has 1 saturated heterocycles. The molecule has 0 spiro atoms. The summed E-state index contributed by atoms with van der Waals surface area (Å²) in [5.74, 6) is -0.280. The van der Waals surface area contributed by atoms with Crippen molar-refractivity contribution in [1.82, 2.24) is 14.5 Å². The monoisotopic (exact) mass is 498 g/mol. The molecule has 0 bridgehead atoms. The first kappa shape index (κ1) is 22.3. The summed E-state index contributed by atoms with van der Waals surface area (Å²) in [5.41, 5.74) is 0.762. The number of rotatable bonds is 6. The number of halogens is 1. The zero-order valence-electron chi connectivity index (χ0n) is 16.4. The van der Waals surface area contributed by atoms with Gasteiger partial charge < -0.3 is 4.42 Å². The van der Waals surface area contributed by atoms with Crippen molar-refractivity contribution < 1.29 is 17.6 Å². The van der Waals surface area contributed by atoms with Crippen LogP contribution in [0, 0.1) is 5.92 Å². The van der Waals surface area contributed by atoms with Crippen LogP contribution in [0.3, 0.4) is 0 Å². The molecule has 164 valence electrons. The van der Waals surface area contributed by atoms with Crippen molar-refractivity contribution in [2.45, 2.75) is 21.9 Å². The Morgan fingerprint density at radius 2 is 1.90 bits per heavy atom. The van der Waals surface area contributed by atoms with E-state index >= 15 is 0 Å². The van der Waals surface area contributed by atoms with Gasteiger partial charge in [-0.15, -0.1) is 28.2 Å². The second-order valence-electron chi connectivity index (χ2n) is 6.87. The van der Waals surface area contributed by atoms with Gasteiger partial charge in [0.05, 0.1) is 4.34 Å². The smallest absolute Gasteiger partial charge is 0.322 e. The first-order valence-electron chi connectivity index (χ1n) is 9.41. The summed E-state index contributed by atoms with van der Waals surface area (Å²) < 4.78 is 33.0. The largest absolute Gasteiger partial charge is 0.403 e. The maximum Gasteiger partial charge on any atom is 0.322 e. The molecule has 3 heterocycles. The minimum Gasteiger partial charge on any atom is -0.403 e. The molecular weight excluding hydrogens is 480 g/mol. The average molecular weight is 499 g/mol. The summed E-state index contributed by atoms with van der Waals surface area (Å²) >= 11 is 8.52. The van der Waals surface area contributed by atoms with E-state index in [2.05, 4.69) is 15.5 Å². The number of amides is 1. The number of nitrogens with zero attached hydrogens (tertiary/aromatic N) is 3. The van der Waals surface area contributed by atoms with Gasteiger partial charge in [-0.05, 0) is 55.5 Å². The molecule has 0 saturated carbocycles. The van der Waals surface area contributed by atoms with Crippen molar-refractivity contribution >= 4 is 56.6 Å². The molecular formula is C19H19ClN4O4S3. The zero-order chi connectivity index (χ0) is 22.0. The predicted octanol–water partition coefficient (Wildman–Crippen LogP) is 4.21. The van der Waals surface area contributed by atoms with Gasteiger partial charge in [-0.25, -0.2) is 8.42 Å². The van der Waals surface area contributed by atoms with Gasteiger partial charge in [0.2, 0.25) is 11.8 Å². The van der Waals surface area contributed by atoms with E-state index in [9.17, 15) is 13.2 Å². The van der Waals surface area contributed by atoms with Gasteiger partial charge in [0.1, 0.15) is 4.21 Å². The van der Waals surface area contributed by atoms with E-state index in [4.69, 9.17) is 16.0 Å². The molecule has 1 aliphatic rings. The van der Waals surface area contributed by atoms with Gasteiger partial charge in [0.25, 0.3) is 10.0 Å². The maximum atomic E-state index is 12.7. The van der Waals surface area contributed by atoms with Gasteiger partial charge in [-0.1, -0.05) is 16.7 Å². The highest BCUT2D eigenvalue weighted by Crippen LogP contribution is 2.31. The molecule has 8 nitrogen and oxygen atoms in total. The number of piperidine rings is 1. The number of aromatic nitrogens is 2. The van der Waals surface area contributed by atoms with Crippen LogP contribution in [0.25, 0.3) is 11.5 Å². The minimum atomic E-state index is -3.59. The molecule has 31 heavy (non-hydrogen) atoms. The Morgan fingerprint density at radius 1 is 1.19 bits per heavy atom. The molecule has 4 rings (SSSR count). The second-order valence-corrected chi connectivity index (χ2v) is 11.6. The van der Waals surface area contributed by atoms with Crippen LogP contribution in [-0.2, 0) is 14.8 Å². The number of carbonyl (C=O) groups excluding carboxylic acids is 1. The van der Waals surface area contributed by atoms with Crippen LogP contribution in [0.5, 0.6) is 0 Å². The number of hydrogen-bond acceptors (Lipinski definition) is 8. The molecule has 0 aliphatic carbocycles. The normalized spacial score (nSPS) is 15.8. The lowest BCUT2D eigenvalue weighted by Gasteiger charge is -2.29. The Balaban J connectivity index is 1.35. The number of nitrogens with one attached hydrogen (secondary N) is 1. The van der Waals surface area contributed by atoms with Crippen molar-refractivity contribution in [3.8, 4) is 11.5 Å². The molecule has 1 fully saturated rings. The number of hydrogen-bond donors (Lipinski definition) is 1. The summed E-state index contributed by atoms with van der Waals surface area (Å²) in [6, 6.07) is 10.8. The number of thioether (sulfide) groups is 1. The number of anilines is 1. The summed E-state index contributed by atoms with van der Waals surface area (Å²) in [4.78, 5) is 13.7. The van der Waals surface area contributed by atoms with Gasteiger partial charge in [0, 0.05) is 29.5 Å². The van der Waals surface area contributed by atoms with Crippen LogP contribution in [-0.4, -0.2) is 48.2 Å². The van der Waals surface area contributed by atoms with Crippen molar-refractivity contribution in [1.29, 1.82) is 0 Å². The van der Waals surface area contributed by atoms with Crippen LogP contribution < -0.4 is 5.32 Å². The van der Waals surface area contributed by atoms with E-state index in [-0.39, 0.29) is 35.1 Å². The van der Waals surface area contributed by atoms with Gasteiger partial charge in [0.15, 0.2) is 0 Å². The molecule has 1 aliphatic heterocycles. The lowest BCUT2D eigenvalue weighted by Crippen LogP contribution is -2.41. The van der Waals surface area contributed by atoms with E-state index < -0.39 is 10.0 Å². The number of benzene rings is 1. The Labute approximate surface area is 193 Å². The predicted molar refractivity (Wildman–Crippen MR) is 121 cm³/mol. The SMILES string of the molecule is CSc1ccc(-c2nnc(NC(=O)C3CCN(S(=O)(=O)c4ccc(Cl)s4)CC3)o2)cc1. The molecule has 1 amide bonds. The highest BCUT2D eigenvalue weighted by molar-refractivity contribution is 7.98. The van der Waals surface area contributed by atoms with Gasteiger partial charge in [-0.2, -0.15) is 4.31 Å². The summed E-state index contributed by atoms with van der Waals surface area (Å²) in [7, 11) is -3.59. The Hall–Kier alpha value is -1.92. The molecule has 0 atom stereocenters. The van der Waals surface area contributed by atoms with Gasteiger partial charge in [-0.3, -0.25) is 10.1 Å². The highest BCUT2D eigenvalue weighted by atomic mass is 35.5. The topological polar surface area (TPSA) is 105 Å². The first-order valence-corrected chi connectivity index (χ1v) is 13.3. The van der Waals surface area contributed by atoms with Crippen molar-refractivity contribution in [2.24, 2.45) is 5.92 Å². The van der Waals surface area contributed by atoms with E-state index in [1.165, 1.54) is 10.4 Å². The number of carbonyl (C=O) groups is 1. The summed E-state index contributed by atoms with van der Waals surface area (Å²) in [6.07, 6.45) is 2.80. The third kappa shape index (κ3) is 4.96. The lowest BCUT2D eigenvalue weighted by molar-refractivity contribution is -0.121. The third-order valence-electron chi connectivity index (χ3n) is 4.96. The molecule has 0 radical (unpaired) electrons. The molecule has 2 aromatic heterocycles. The standard InChI is InChI=1S/C19H19ClN4O4S3/c1-29-14-4-2-13(3-5-14)18-22-23-19(28-18)21-17(25)12-8-10-24(11-9-12)31(26,27)16-7-6-15(20)30-16/h2-7,12H,8-11H2,1H3,(H,21,23,25). The van der Waals surface area contributed by atoms with E-state index in [0.29, 0.717) is 23.1 Å². The number of sulfonamides is 1. The fourth-order valence-corrected chi connectivity index (χ4v) is 6.77. The minimum absolute atomic E-state index is 0.0252. The Bertz CT molecular complexity index is 1170. The zero-order valence-corrected chi connectivity index (χ0v) is 19.7. The van der Waals surface area contributed by atoms with E-state index in [1.807, 2.05) is 30.5 Å².